The summed E-state index contributed by atoms with van der Waals surface area (Å²) in [6.07, 6.45) is 4.47. The number of H-pyrrole nitrogens is 1. The molecule has 20 heavy (non-hydrogen) atoms. The van der Waals surface area contributed by atoms with Crippen LogP contribution in [0.2, 0.25) is 5.02 Å². The summed E-state index contributed by atoms with van der Waals surface area (Å²) in [5.41, 5.74) is 7.41. The Morgan fingerprint density at radius 1 is 1.50 bits per heavy atom. The van der Waals surface area contributed by atoms with Crippen LogP contribution in [0.5, 0.6) is 0 Å². The number of aromatic nitrogens is 1. The van der Waals surface area contributed by atoms with Gasteiger partial charge in [0.25, 0.3) is 5.91 Å². The van der Waals surface area contributed by atoms with Gasteiger partial charge >= 0.3 is 0 Å². The molecule has 0 atom stereocenters. The Labute approximate surface area is 120 Å². The number of fused-ring (bicyclic) bond motifs is 1. The molecule has 2 heterocycles. The van der Waals surface area contributed by atoms with Gasteiger partial charge < -0.3 is 20.4 Å². The van der Waals surface area contributed by atoms with Crippen LogP contribution in [-0.2, 0) is 16.0 Å². The van der Waals surface area contributed by atoms with Gasteiger partial charge in [0, 0.05) is 28.7 Å². The fourth-order valence-corrected chi connectivity index (χ4v) is 2.45. The first-order chi connectivity index (χ1) is 9.63. The van der Waals surface area contributed by atoms with Crippen LogP contribution in [0.1, 0.15) is 5.56 Å². The van der Waals surface area contributed by atoms with Gasteiger partial charge in [-0.15, -0.1) is 0 Å². The van der Waals surface area contributed by atoms with Gasteiger partial charge in [0.1, 0.15) is 0 Å². The summed E-state index contributed by atoms with van der Waals surface area (Å²) in [4.78, 5) is 16.1. The number of carbonyl (C=O) groups excluding carboxylic acids is 1. The van der Waals surface area contributed by atoms with Gasteiger partial charge in [0.15, 0.2) is 6.73 Å². The van der Waals surface area contributed by atoms with Gasteiger partial charge in [-0.3, -0.25) is 4.79 Å². The average Bonchev–Trinajstić information content (AvgIpc) is 3.02. The fourth-order valence-electron chi connectivity index (χ4n) is 2.28. The van der Waals surface area contributed by atoms with Crippen molar-refractivity contribution >= 4 is 28.4 Å². The zero-order valence-corrected chi connectivity index (χ0v) is 11.5. The molecular formula is C14H14ClN3O2. The minimum Gasteiger partial charge on any atom is -0.466 e. The maximum Gasteiger partial charge on any atom is 0.285 e. The lowest BCUT2D eigenvalue weighted by atomic mass is 10.1. The Bertz CT molecular complexity index is 693. The van der Waals surface area contributed by atoms with Gasteiger partial charge in [0.05, 0.1) is 6.20 Å². The summed E-state index contributed by atoms with van der Waals surface area (Å²) in [6.45, 7) is 1.11. The zero-order valence-electron chi connectivity index (χ0n) is 10.7. The molecule has 6 heteroatoms. The van der Waals surface area contributed by atoms with Crippen molar-refractivity contribution in [2.75, 3.05) is 13.3 Å². The van der Waals surface area contributed by atoms with Crippen molar-refractivity contribution in [3.8, 4) is 0 Å². The topological polar surface area (TPSA) is 71.4 Å². The normalized spacial score (nSPS) is 14.4. The van der Waals surface area contributed by atoms with E-state index < -0.39 is 5.91 Å². The Hall–Kier alpha value is -2.14. The van der Waals surface area contributed by atoms with Gasteiger partial charge in [-0.05, 0) is 30.2 Å². The molecule has 0 spiro atoms. The molecule has 3 N–H and O–H groups in total. The Morgan fingerprint density at radius 3 is 3.10 bits per heavy atom. The van der Waals surface area contributed by atoms with Crippen LogP contribution in [0.25, 0.3) is 10.9 Å². The first-order valence-corrected chi connectivity index (χ1v) is 6.65. The Kier molecular flexibility index (Phi) is 3.28. The predicted molar refractivity (Wildman–Crippen MR) is 76.9 cm³/mol. The van der Waals surface area contributed by atoms with Crippen LogP contribution < -0.4 is 5.73 Å². The molecule has 0 unspecified atom stereocenters. The van der Waals surface area contributed by atoms with Crippen LogP contribution in [0, 0.1) is 0 Å². The highest BCUT2D eigenvalue weighted by atomic mass is 35.5. The number of hydrogen-bond acceptors (Lipinski definition) is 3. The van der Waals surface area contributed by atoms with Crippen LogP contribution >= 0.6 is 11.6 Å². The van der Waals surface area contributed by atoms with Crippen molar-refractivity contribution in [2.24, 2.45) is 5.73 Å². The largest absolute Gasteiger partial charge is 0.466 e. The first-order valence-electron chi connectivity index (χ1n) is 6.27. The molecule has 0 radical (unpaired) electrons. The summed E-state index contributed by atoms with van der Waals surface area (Å²) >= 11 is 6.02. The van der Waals surface area contributed by atoms with E-state index in [1.807, 2.05) is 29.3 Å². The number of benzene rings is 1. The number of nitrogens with two attached hydrogens (primary N) is 1. The number of hydrogen-bond donors (Lipinski definition) is 2. The van der Waals surface area contributed by atoms with Crippen molar-refractivity contribution in [2.45, 2.75) is 6.42 Å². The van der Waals surface area contributed by atoms with E-state index in [1.54, 1.807) is 6.20 Å². The van der Waals surface area contributed by atoms with Crippen molar-refractivity contribution in [1.29, 1.82) is 0 Å². The standard InChI is InChI=1S/C14H14ClN3O2/c15-10-1-2-12-11(5-10)9(6-17-12)3-4-18-7-13(14(16)19)20-8-18/h1-2,5-7,17H,3-4,8H2,(H2,16,19). The van der Waals surface area contributed by atoms with E-state index in [0.717, 1.165) is 28.9 Å². The monoisotopic (exact) mass is 291 g/mol. The van der Waals surface area contributed by atoms with Crippen LogP contribution in [0.3, 0.4) is 0 Å². The minimum absolute atomic E-state index is 0.215. The molecule has 1 aliphatic heterocycles. The molecule has 0 aliphatic carbocycles. The molecule has 1 amide bonds. The number of aromatic amines is 1. The number of ether oxygens (including phenoxy) is 1. The second-order valence-corrected chi connectivity index (χ2v) is 5.13. The highest BCUT2D eigenvalue weighted by Crippen LogP contribution is 2.23. The molecule has 5 nitrogen and oxygen atoms in total. The first kappa shape index (κ1) is 12.9. The number of primary amides is 1. The highest BCUT2D eigenvalue weighted by Gasteiger charge is 2.17. The summed E-state index contributed by atoms with van der Waals surface area (Å²) in [5.74, 6) is -0.321. The Morgan fingerprint density at radius 2 is 2.35 bits per heavy atom. The van der Waals surface area contributed by atoms with E-state index in [1.165, 1.54) is 5.56 Å². The number of nitrogens with one attached hydrogen (secondary N) is 1. The number of rotatable bonds is 4. The van der Waals surface area contributed by atoms with Gasteiger partial charge in [-0.2, -0.15) is 0 Å². The van der Waals surface area contributed by atoms with Gasteiger partial charge in [-0.25, -0.2) is 0 Å². The molecule has 0 saturated carbocycles. The lowest BCUT2D eigenvalue weighted by Crippen LogP contribution is -2.18. The van der Waals surface area contributed by atoms with E-state index in [0.29, 0.717) is 6.73 Å². The SMILES string of the molecule is NC(=O)C1=CN(CCc2c[nH]c3ccc(Cl)cc23)CO1. The lowest BCUT2D eigenvalue weighted by molar-refractivity contribution is -0.117. The quantitative estimate of drug-likeness (QED) is 0.905. The average molecular weight is 292 g/mol. The highest BCUT2D eigenvalue weighted by molar-refractivity contribution is 6.31. The third-order valence-corrected chi connectivity index (χ3v) is 3.56. The summed E-state index contributed by atoms with van der Waals surface area (Å²) < 4.78 is 5.19. The molecule has 3 rings (SSSR count). The second kappa shape index (κ2) is 5.09. The molecule has 0 fully saturated rings. The van der Waals surface area contributed by atoms with E-state index in [4.69, 9.17) is 22.1 Å². The van der Waals surface area contributed by atoms with Crippen molar-refractivity contribution in [1.82, 2.24) is 9.88 Å². The minimum atomic E-state index is -0.536. The number of nitrogens with zero attached hydrogens (tertiary/aromatic N) is 1. The van der Waals surface area contributed by atoms with E-state index in [-0.39, 0.29) is 5.76 Å². The van der Waals surface area contributed by atoms with Gasteiger partial charge in [-0.1, -0.05) is 11.6 Å². The number of amides is 1. The van der Waals surface area contributed by atoms with Crippen molar-refractivity contribution < 1.29 is 9.53 Å². The summed E-state index contributed by atoms with van der Waals surface area (Å²) in [5, 5.41) is 1.84. The number of carbonyl (C=O) groups is 1. The zero-order chi connectivity index (χ0) is 14.1. The van der Waals surface area contributed by atoms with Crippen LogP contribution in [-0.4, -0.2) is 29.1 Å². The summed E-state index contributed by atoms with van der Waals surface area (Å²) in [6, 6.07) is 5.78. The van der Waals surface area contributed by atoms with E-state index in [2.05, 4.69) is 4.98 Å². The van der Waals surface area contributed by atoms with Crippen molar-refractivity contribution in [3.05, 3.63) is 46.9 Å². The third kappa shape index (κ3) is 2.44. The molecule has 1 aromatic heterocycles. The molecule has 1 aliphatic rings. The van der Waals surface area contributed by atoms with Crippen molar-refractivity contribution in [3.63, 3.8) is 0 Å². The molecule has 0 bridgehead atoms. The Balaban J connectivity index is 1.72. The maximum atomic E-state index is 11.0. The molecule has 2 aromatic rings. The molecule has 104 valence electrons. The molecule has 1 aromatic carbocycles. The predicted octanol–water partition coefficient (Wildman–Crippen LogP) is 1.98. The molecule has 0 saturated heterocycles. The maximum absolute atomic E-state index is 11.0. The van der Waals surface area contributed by atoms with Crippen LogP contribution in [0.15, 0.2) is 36.4 Å². The van der Waals surface area contributed by atoms with Crippen LogP contribution in [0.4, 0.5) is 0 Å². The summed E-state index contributed by atoms with van der Waals surface area (Å²) in [7, 11) is 0. The van der Waals surface area contributed by atoms with E-state index in [9.17, 15) is 4.79 Å². The van der Waals surface area contributed by atoms with Gasteiger partial charge in [0.2, 0.25) is 5.76 Å². The smallest absolute Gasteiger partial charge is 0.285 e. The second-order valence-electron chi connectivity index (χ2n) is 4.70. The number of halogens is 1. The molecular weight excluding hydrogens is 278 g/mol. The van der Waals surface area contributed by atoms with E-state index >= 15 is 0 Å². The fraction of sp³-hybridized carbons (Fsp3) is 0.214. The third-order valence-electron chi connectivity index (χ3n) is 3.33. The lowest BCUT2D eigenvalue weighted by Gasteiger charge is -2.12.